The zero-order valence-electron chi connectivity index (χ0n) is 18.8. The van der Waals surface area contributed by atoms with Crippen LogP contribution in [0.1, 0.15) is 5.56 Å². The van der Waals surface area contributed by atoms with Crippen LogP contribution in [-0.2, 0) is 0 Å². The van der Waals surface area contributed by atoms with Gasteiger partial charge in [-0.15, -0.1) is 0 Å². The first-order valence-corrected chi connectivity index (χ1v) is 11.1. The highest BCUT2D eigenvalue weighted by Gasteiger charge is 2.04. The van der Waals surface area contributed by atoms with Gasteiger partial charge in [0.05, 0.1) is 0 Å². The normalized spacial score (nSPS) is 10.6. The Morgan fingerprint density at radius 1 is 0.382 bits per heavy atom. The fourth-order valence-corrected chi connectivity index (χ4v) is 3.68. The van der Waals surface area contributed by atoms with E-state index in [-0.39, 0.29) is 5.75 Å². The summed E-state index contributed by atoms with van der Waals surface area (Å²) in [6.07, 6.45) is 0. The lowest BCUT2D eigenvalue weighted by molar-refractivity contribution is 0.469. The molecule has 5 rings (SSSR count). The van der Waals surface area contributed by atoms with E-state index in [0.717, 1.165) is 39.7 Å². The molecule has 0 heterocycles. The van der Waals surface area contributed by atoms with Crippen LogP contribution in [0.25, 0.3) is 22.3 Å². The lowest BCUT2D eigenvalue weighted by Gasteiger charge is -2.10. The maximum absolute atomic E-state index is 9.45. The van der Waals surface area contributed by atoms with E-state index in [1.807, 2.05) is 72.8 Å². The number of hydrogen-bond donors (Lipinski definition) is 1. The van der Waals surface area contributed by atoms with Crippen molar-refractivity contribution in [2.75, 3.05) is 0 Å². The van der Waals surface area contributed by atoms with Crippen molar-refractivity contribution in [1.82, 2.24) is 0 Å². The Bertz CT molecular complexity index is 1240. The predicted octanol–water partition coefficient (Wildman–Crippen LogP) is 8.62. The molecule has 0 aliphatic carbocycles. The van der Waals surface area contributed by atoms with Crippen LogP contribution in [0, 0.1) is 6.92 Å². The van der Waals surface area contributed by atoms with Crippen LogP contribution in [0.2, 0.25) is 0 Å². The van der Waals surface area contributed by atoms with E-state index in [1.165, 1.54) is 11.1 Å². The predicted molar refractivity (Wildman–Crippen MR) is 137 cm³/mol. The first-order valence-electron chi connectivity index (χ1n) is 11.1. The van der Waals surface area contributed by atoms with Gasteiger partial charge < -0.3 is 14.6 Å². The molecule has 1 N–H and O–H groups in total. The molecule has 0 saturated carbocycles. The average molecular weight is 445 g/mol. The molecule has 34 heavy (non-hydrogen) atoms. The van der Waals surface area contributed by atoms with Crippen molar-refractivity contribution < 1.29 is 14.6 Å². The summed E-state index contributed by atoms with van der Waals surface area (Å²) >= 11 is 0. The van der Waals surface area contributed by atoms with Gasteiger partial charge in [-0.2, -0.15) is 0 Å². The van der Waals surface area contributed by atoms with Gasteiger partial charge in [0.1, 0.15) is 28.7 Å². The molecule has 0 bridgehead atoms. The van der Waals surface area contributed by atoms with Crippen molar-refractivity contribution in [3.63, 3.8) is 0 Å². The van der Waals surface area contributed by atoms with Gasteiger partial charge >= 0.3 is 0 Å². The minimum absolute atomic E-state index is 0.260. The van der Waals surface area contributed by atoms with Gasteiger partial charge in [0, 0.05) is 0 Å². The smallest absolute Gasteiger partial charge is 0.127 e. The first-order chi connectivity index (χ1) is 16.6. The second-order valence-electron chi connectivity index (χ2n) is 8.14. The Morgan fingerprint density at radius 2 is 0.647 bits per heavy atom. The molecule has 5 aromatic carbocycles. The van der Waals surface area contributed by atoms with Crippen molar-refractivity contribution in [3.05, 3.63) is 127 Å². The zero-order chi connectivity index (χ0) is 23.3. The Balaban J connectivity index is 1.21. The number of benzene rings is 5. The summed E-state index contributed by atoms with van der Waals surface area (Å²) in [7, 11) is 0. The van der Waals surface area contributed by atoms with Gasteiger partial charge in [0.25, 0.3) is 0 Å². The van der Waals surface area contributed by atoms with Crippen molar-refractivity contribution in [3.8, 4) is 51.0 Å². The molecule has 0 aromatic heterocycles. The molecule has 0 aliphatic rings. The molecule has 0 radical (unpaired) electrons. The molecule has 0 saturated heterocycles. The Hall–Kier alpha value is -4.50. The number of phenols is 1. The van der Waals surface area contributed by atoms with E-state index in [2.05, 4.69) is 43.3 Å². The molecular formula is C31H24O3. The highest BCUT2D eigenvalue weighted by molar-refractivity contribution is 5.65. The van der Waals surface area contributed by atoms with E-state index < -0.39 is 0 Å². The highest BCUT2D eigenvalue weighted by Crippen LogP contribution is 2.30. The van der Waals surface area contributed by atoms with Crippen LogP contribution in [0.15, 0.2) is 121 Å². The highest BCUT2D eigenvalue weighted by atomic mass is 16.5. The SMILES string of the molecule is Cc1ccc(-c2ccc(Oc3ccc(Oc4ccc(-c5ccc(O)cc5)cc4)cc3)cc2)cc1. The fourth-order valence-electron chi connectivity index (χ4n) is 3.68. The van der Waals surface area contributed by atoms with E-state index >= 15 is 0 Å². The van der Waals surface area contributed by atoms with Crippen LogP contribution in [0.5, 0.6) is 28.7 Å². The summed E-state index contributed by atoms with van der Waals surface area (Å²) in [5.74, 6) is 3.28. The maximum atomic E-state index is 9.45. The Labute approximate surface area is 199 Å². The minimum Gasteiger partial charge on any atom is -0.508 e. The summed E-state index contributed by atoms with van der Waals surface area (Å²) in [5, 5.41) is 9.45. The van der Waals surface area contributed by atoms with Gasteiger partial charge in [-0.05, 0) is 89.8 Å². The number of ether oxygens (including phenoxy) is 2. The molecule has 3 nitrogen and oxygen atoms in total. The van der Waals surface area contributed by atoms with Gasteiger partial charge in [-0.3, -0.25) is 0 Å². The van der Waals surface area contributed by atoms with Crippen molar-refractivity contribution >= 4 is 0 Å². The maximum Gasteiger partial charge on any atom is 0.127 e. The second kappa shape index (κ2) is 9.55. The van der Waals surface area contributed by atoms with Crippen molar-refractivity contribution in [1.29, 1.82) is 0 Å². The fraction of sp³-hybridized carbons (Fsp3) is 0.0323. The third kappa shape index (κ3) is 5.11. The largest absolute Gasteiger partial charge is 0.508 e. The van der Waals surface area contributed by atoms with Crippen LogP contribution in [0.4, 0.5) is 0 Å². The minimum atomic E-state index is 0.260. The molecule has 5 aromatic rings. The number of hydrogen-bond acceptors (Lipinski definition) is 3. The van der Waals surface area contributed by atoms with Gasteiger partial charge in [0.15, 0.2) is 0 Å². The molecule has 3 heteroatoms. The van der Waals surface area contributed by atoms with Gasteiger partial charge in [0.2, 0.25) is 0 Å². The quantitative estimate of drug-likeness (QED) is 0.285. The van der Waals surface area contributed by atoms with Crippen LogP contribution < -0.4 is 9.47 Å². The van der Waals surface area contributed by atoms with E-state index in [0.29, 0.717) is 0 Å². The van der Waals surface area contributed by atoms with Gasteiger partial charge in [-0.1, -0.05) is 66.2 Å². The van der Waals surface area contributed by atoms with Crippen molar-refractivity contribution in [2.45, 2.75) is 6.92 Å². The average Bonchev–Trinajstić information content (AvgIpc) is 2.87. The number of rotatable bonds is 6. The molecule has 0 fully saturated rings. The van der Waals surface area contributed by atoms with E-state index in [1.54, 1.807) is 12.1 Å². The molecule has 0 aliphatic heterocycles. The number of phenolic OH excluding ortho intramolecular Hbond substituents is 1. The summed E-state index contributed by atoms with van der Waals surface area (Å²) in [5.41, 5.74) is 5.70. The van der Waals surface area contributed by atoms with Crippen LogP contribution in [0.3, 0.4) is 0 Å². The Kier molecular flexibility index (Phi) is 6.00. The summed E-state index contributed by atoms with van der Waals surface area (Å²) < 4.78 is 12.0. The summed E-state index contributed by atoms with van der Waals surface area (Å²) in [6.45, 7) is 2.09. The van der Waals surface area contributed by atoms with E-state index in [9.17, 15) is 5.11 Å². The van der Waals surface area contributed by atoms with Gasteiger partial charge in [-0.25, -0.2) is 0 Å². The zero-order valence-corrected chi connectivity index (χ0v) is 18.8. The standard InChI is InChI=1S/C31H24O3/c1-22-2-4-23(5-3-22)25-8-14-28(15-9-25)33-30-18-20-31(21-19-30)34-29-16-10-26(11-17-29)24-6-12-27(32)13-7-24/h2-21,32H,1H3. The number of aromatic hydroxyl groups is 1. The van der Waals surface area contributed by atoms with E-state index in [4.69, 9.17) is 9.47 Å². The molecule has 0 spiro atoms. The molecule has 0 atom stereocenters. The molecule has 166 valence electrons. The number of aryl methyl sites for hydroxylation is 1. The van der Waals surface area contributed by atoms with Crippen LogP contribution in [-0.4, -0.2) is 5.11 Å². The van der Waals surface area contributed by atoms with Crippen LogP contribution >= 0.6 is 0 Å². The molecular weight excluding hydrogens is 420 g/mol. The third-order valence-corrected chi connectivity index (χ3v) is 5.59. The summed E-state index contributed by atoms with van der Waals surface area (Å²) in [4.78, 5) is 0. The topological polar surface area (TPSA) is 38.7 Å². The monoisotopic (exact) mass is 444 g/mol. The third-order valence-electron chi connectivity index (χ3n) is 5.59. The lowest BCUT2D eigenvalue weighted by atomic mass is 10.0. The Morgan fingerprint density at radius 3 is 1.00 bits per heavy atom. The second-order valence-corrected chi connectivity index (χ2v) is 8.14. The molecule has 0 unspecified atom stereocenters. The molecule has 0 amide bonds. The summed E-state index contributed by atoms with van der Waals surface area (Å²) in [6, 6.07) is 39.2. The lowest BCUT2D eigenvalue weighted by Crippen LogP contribution is -1.87. The van der Waals surface area contributed by atoms with Crippen molar-refractivity contribution in [2.24, 2.45) is 0 Å². The first kappa shape index (κ1) is 21.4.